The summed E-state index contributed by atoms with van der Waals surface area (Å²) in [6.07, 6.45) is 2.95. The summed E-state index contributed by atoms with van der Waals surface area (Å²) in [4.78, 5) is 0. The summed E-state index contributed by atoms with van der Waals surface area (Å²) in [6, 6.07) is 8.58. The average molecular weight is 205 g/mol. The molecule has 0 aliphatic rings. The molecule has 0 saturated heterocycles. The maximum Gasteiger partial charge on any atom is 0.118 e. The lowest BCUT2D eigenvalue weighted by Crippen LogP contribution is -2.20. The molecule has 0 radical (unpaired) electrons. The van der Waals surface area contributed by atoms with E-state index in [0.29, 0.717) is 6.04 Å². The molecule has 0 aliphatic carbocycles. The summed E-state index contributed by atoms with van der Waals surface area (Å²) in [5.41, 5.74) is 1.29. The Morgan fingerprint density at radius 3 is 2.53 bits per heavy atom. The molecule has 2 nitrogen and oxygen atoms in total. The van der Waals surface area contributed by atoms with Gasteiger partial charge in [-0.25, -0.2) is 0 Å². The number of nitrogens with one attached hydrogen (secondary N) is 1. The number of benzene rings is 1. The Balaban J connectivity index is 2.69. The molecule has 0 spiro atoms. The topological polar surface area (TPSA) is 21.3 Å². The fourth-order valence-corrected chi connectivity index (χ4v) is 1.56. The van der Waals surface area contributed by atoms with E-state index in [1.807, 2.05) is 18.2 Å². The van der Waals surface area contributed by atoms with E-state index in [1.54, 1.807) is 7.11 Å². The minimum atomic E-state index is 0.397. The van der Waals surface area contributed by atoms with Gasteiger partial charge in [0.2, 0.25) is 0 Å². The first kappa shape index (κ1) is 11.8. The zero-order valence-electron chi connectivity index (χ0n) is 9.49. The van der Waals surface area contributed by atoms with Gasteiger partial charge in [-0.05, 0) is 24.1 Å². The van der Waals surface area contributed by atoms with Crippen LogP contribution in [0.5, 0.6) is 5.75 Å². The second-order valence-electron chi connectivity index (χ2n) is 3.43. The van der Waals surface area contributed by atoms with Crippen LogP contribution in [0.25, 0.3) is 0 Å². The molecule has 2 heteroatoms. The van der Waals surface area contributed by atoms with Crippen LogP contribution in [0.1, 0.15) is 24.9 Å². The van der Waals surface area contributed by atoms with Crippen LogP contribution in [0, 0.1) is 0 Å². The summed E-state index contributed by atoms with van der Waals surface area (Å²) in [6.45, 7) is 6.71. The molecule has 0 bridgehead atoms. The molecule has 0 saturated carbocycles. The fourth-order valence-electron chi connectivity index (χ4n) is 1.56. The van der Waals surface area contributed by atoms with E-state index in [9.17, 15) is 0 Å². The quantitative estimate of drug-likeness (QED) is 0.721. The van der Waals surface area contributed by atoms with Crippen LogP contribution in [0.3, 0.4) is 0 Å². The Morgan fingerprint density at radius 2 is 2.07 bits per heavy atom. The summed E-state index contributed by atoms with van der Waals surface area (Å²) in [5, 5.41) is 3.41. The van der Waals surface area contributed by atoms with Crippen molar-refractivity contribution in [3.8, 4) is 5.75 Å². The van der Waals surface area contributed by atoms with E-state index in [1.165, 1.54) is 5.56 Å². The van der Waals surface area contributed by atoms with Crippen LogP contribution in [-0.2, 0) is 0 Å². The Bertz CT molecular complexity index is 292. The molecular formula is C13H19NO. The summed E-state index contributed by atoms with van der Waals surface area (Å²) in [7, 11) is 1.68. The summed E-state index contributed by atoms with van der Waals surface area (Å²) >= 11 is 0. The molecule has 0 aliphatic heterocycles. The van der Waals surface area contributed by atoms with Crippen LogP contribution in [0.4, 0.5) is 0 Å². The standard InChI is InChI=1S/C13H19NO/c1-4-10-14-13(5-2)11-6-8-12(15-3)9-7-11/h4,6-9,13-14H,1,5,10H2,2-3H3. The maximum atomic E-state index is 5.13. The highest BCUT2D eigenvalue weighted by Gasteiger charge is 2.06. The number of methoxy groups -OCH3 is 1. The predicted molar refractivity (Wildman–Crippen MR) is 64.2 cm³/mol. The first-order valence-corrected chi connectivity index (χ1v) is 5.30. The molecule has 1 aromatic rings. The third-order valence-corrected chi connectivity index (χ3v) is 2.44. The monoisotopic (exact) mass is 205 g/mol. The molecule has 1 aromatic carbocycles. The van der Waals surface area contributed by atoms with E-state index in [0.717, 1.165) is 18.7 Å². The molecule has 1 atom stereocenters. The van der Waals surface area contributed by atoms with Gasteiger partial charge in [0.25, 0.3) is 0 Å². The highest BCUT2D eigenvalue weighted by molar-refractivity contribution is 5.29. The Morgan fingerprint density at radius 1 is 1.40 bits per heavy atom. The minimum absolute atomic E-state index is 0.397. The Labute approximate surface area is 92.0 Å². The Kier molecular flexibility index (Phi) is 4.91. The van der Waals surface area contributed by atoms with Gasteiger partial charge in [0.1, 0.15) is 5.75 Å². The molecule has 1 N–H and O–H groups in total. The normalized spacial score (nSPS) is 12.1. The van der Waals surface area contributed by atoms with Gasteiger partial charge in [0.05, 0.1) is 7.11 Å². The zero-order chi connectivity index (χ0) is 11.1. The van der Waals surface area contributed by atoms with Crippen LogP contribution < -0.4 is 10.1 Å². The van der Waals surface area contributed by atoms with E-state index in [-0.39, 0.29) is 0 Å². The van der Waals surface area contributed by atoms with Gasteiger partial charge >= 0.3 is 0 Å². The molecule has 0 heterocycles. The van der Waals surface area contributed by atoms with Crippen LogP contribution >= 0.6 is 0 Å². The largest absolute Gasteiger partial charge is 0.497 e. The lowest BCUT2D eigenvalue weighted by atomic mass is 10.0. The fraction of sp³-hybridized carbons (Fsp3) is 0.385. The lowest BCUT2D eigenvalue weighted by molar-refractivity contribution is 0.414. The van der Waals surface area contributed by atoms with Crippen molar-refractivity contribution in [2.45, 2.75) is 19.4 Å². The molecule has 1 unspecified atom stereocenters. The zero-order valence-corrected chi connectivity index (χ0v) is 9.49. The van der Waals surface area contributed by atoms with Gasteiger partial charge in [-0.2, -0.15) is 0 Å². The number of ether oxygens (including phenoxy) is 1. The Hall–Kier alpha value is -1.28. The van der Waals surface area contributed by atoms with Crippen LogP contribution in [0.2, 0.25) is 0 Å². The third-order valence-electron chi connectivity index (χ3n) is 2.44. The van der Waals surface area contributed by atoms with Crippen molar-refractivity contribution in [3.05, 3.63) is 42.5 Å². The summed E-state index contributed by atoms with van der Waals surface area (Å²) < 4.78 is 5.13. The molecule has 0 fully saturated rings. The van der Waals surface area contributed by atoms with Crippen molar-refractivity contribution in [2.75, 3.05) is 13.7 Å². The molecule has 15 heavy (non-hydrogen) atoms. The van der Waals surface area contributed by atoms with Crippen molar-refractivity contribution in [3.63, 3.8) is 0 Å². The second kappa shape index (κ2) is 6.25. The lowest BCUT2D eigenvalue weighted by Gasteiger charge is -2.16. The van der Waals surface area contributed by atoms with Crippen molar-refractivity contribution >= 4 is 0 Å². The molecular weight excluding hydrogens is 186 g/mol. The van der Waals surface area contributed by atoms with Crippen molar-refractivity contribution in [2.24, 2.45) is 0 Å². The highest BCUT2D eigenvalue weighted by Crippen LogP contribution is 2.19. The maximum absolute atomic E-state index is 5.13. The van der Waals surface area contributed by atoms with E-state index >= 15 is 0 Å². The molecule has 0 amide bonds. The second-order valence-corrected chi connectivity index (χ2v) is 3.43. The first-order valence-electron chi connectivity index (χ1n) is 5.30. The van der Waals surface area contributed by atoms with Gasteiger partial charge in [-0.15, -0.1) is 6.58 Å². The van der Waals surface area contributed by atoms with Crippen LogP contribution in [0.15, 0.2) is 36.9 Å². The molecule has 0 aromatic heterocycles. The number of hydrogen-bond acceptors (Lipinski definition) is 2. The smallest absolute Gasteiger partial charge is 0.118 e. The van der Waals surface area contributed by atoms with Crippen molar-refractivity contribution in [1.29, 1.82) is 0 Å². The number of rotatable bonds is 6. The minimum Gasteiger partial charge on any atom is -0.497 e. The SMILES string of the molecule is C=CCNC(CC)c1ccc(OC)cc1. The van der Waals surface area contributed by atoms with Gasteiger partial charge in [0.15, 0.2) is 0 Å². The van der Waals surface area contributed by atoms with E-state index in [2.05, 4.69) is 31.0 Å². The molecule has 1 rings (SSSR count). The third kappa shape index (κ3) is 3.40. The average Bonchev–Trinajstić information content (AvgIpc) is 2.31. The van der Waals surface area contributed by atoms with Crippen molar-refractivity contribution < 1.29 is 4.74 Å². The van der Waals surface area contributed by atoms with Crippen LogP contribution in [-0.4, -0.2) is 13.7 Å². The van der Waals surface area contributed by atoms with Gasteiger partial charge in [0, 0.05) is 12.6 Å². The molecule has 82 valence electrons. The van der Waals surface area contributed by atoms with Gasteiger partial charge in [-0.3, -0.25) is 0 Å². The summed E-state index contributed by atoms with van der Waals surface area (Å²) in [5.74, 6) is 0.900. The van der Waals surface area contributed by atoms with E-state index in [4.69, 9.17) is 4.74 Å². The van der Waals surface area contributed by atoms with Crippen molar-refractivity contribution in [1.82, 2.24) is 5.32 Å². The van der Waals surface area contributed by atoms with Gasteiger partial charge in [-0.1, -0.05) is 25.1 Å². The first-order chi connectivity index (χ1) is 7.31. The van der Waals surface area contributed by atoms with E-state index < -0.39 is 0 Å². The predicted octanol–water partition coefficient (Wildman–Crippen LogP) is 2.92. The highest BCUT2D eigenvalue weighted by atomic mass is 16.5. The number of hydrogen-bond donors (Lipinski definition) is 1. The van der Waals surface area contributed by atoms with Gasteiger partial charge < -0.3 is 10.1 Å².